The molecular weight excluding hydrogens is 506 g/mol. The minimum absolute atomic E-state index is 0.0778. The molecule has 4 heterocycles. The van der Waals surface area contributed by atoms with Crippen LogP contribution in [0.5, 0.6) is 5.75 Å². The van der Waals surface area contributed by atoms with Crippen LogP contribution in [-0.2, 0) is 19.3 Å². The predicted molar refractivity (Wildman–Crippen MR) is 119 cm³/mol. The van der Waals surface area contributed by atoms with Crippen molar-refractivity contribution in [1.82, 2.24) is 25.4 Å². The zero-order valence-electron chi connectivity index (χ0n) is 19.0. The number of nitrogens with one attached hydrogen (secondary N) is 2. The number of hydrogen-bond acceptors (Lipinski definition) is 6. The molecule has 1 amide bonds. The third-order valence-corrected chi connectivity index (χ3v) is 6.28. The summed E-state index contributed by atoms with van der Waals surface area (Å²) in [6.07, 6.45) is -7.66. The molecule has 3 aromatic rings. The lowest BCUT2D eigenvalue weighted by molar-refractivity contribution is -0.157. The molecule has 0 spiro atoms. The summed E-state index contributed by atoms with van der Waals surface area (Å²) in [4.78, 5) is 17.7. The van der Waals surface area contributed by atoms with Crippen LogP contribution >= 0.6 is 0 Å². The summed E-state index contributed by atoms with van der Waals surface area (Å²) in [5, 5.41) is 9.58. The molecule has 0 unspecified atom stereocenters. The average Bonchev–Trinajstić information content (AvgIpc) is 3.31. The molecule has 0 aliphatic carbocycles. The zero-order valence-corrected chi connectivity index (χ0v) is 19.0. The lowest BCUT2D eigenvalue weighted by atomic mass is 10.0. The highest BCUT2D eigenvalue weighted by Gasteiger charge is 2.47. The van der Waals surface area contributed by atoms with Gasteiger partial charge in [-0.25, -0.2) is 9.78 Å². The molecule has 14 heteroatoms. The third-order valence-electron chi connectivity index (χ3n) is 6.28. The Kier molecular flexibility index (Phi) is 6.22. The number of nitrogens with zero attached hydrogens (tertiary/aromatic N) is 4. The second-order valence-corrected chi connectivity index (χ2v) is 8.71. The molecule has 1 fully saturated rings. The molecule has 2 aliphatic heterocycles. The zero-order chi connectivity index (χ0) is 26.4. The van der Waals surface area contributed by atoms with Gasteiger partial charge in [-0.2, -0.15) is 31.4 Å². The largest absolute Gasteiger partial charge is 0.417 e. The van der Waals surface area contributed by atoms with Crippen molar-refractivity contribution in [3.8, 4) is 17.0 Å². The van der Waals surface area contributed by atoms with Gasteiger partial charge in [0.2, 0.25) is 0 Å². The van der Waals surface area contributed by atoms with E-state index in [2.05, 4.69) is 20.5 Å². The van der Waals surface area contributed by atoms with Crippen molar-refractivity contribution < 1.29 is 35.9 Å². The van der Waals surface area contributed by atoms with Crippen molar-refractivity contribution in [2.24, 2.45) is 0 Å². The van der Waals surface area contributed by atoms with Crippen LogP contribution in [0.4, 0.5) is 37.0 Å². The van der Waals surface area contributed by atoms with Gasteiger partial charge in [0, 0.05) is 61.8 Å². The highest BCUT2D eigenvalue weighted by molar-refractivity contribution is 5.74. The van der Waals surface area contributed by atoms with E-state index in [-0.39, 0.29) is 32.0 Å². The molecule has 8 nitrogen and oxygen atoms in total. The average molecular weight is 526 g/mol. The van der Waals surface area contributed by atoms with Crippen LogP contribution in [0.1, 0.15) is 16.7 Å². The van der Waals surface area contributed by atoms with Gasteiger partial charge in [0.1, 0.15) is 17.6 Å². The Morgan fingerprint density at radius 2 is 1.89 bits per heavy atom. The molecule has 37 heavy (non-hydrogen) atoms. The van der Waals surface area contributed by atoms with E-state index < -0.39 is 36.6 Å². The first-order valence-electron chi connectivity index (χ1n) is 11.2. The van der Waals surface area contributed by atoms with Crippen LogP contribution in [0.3, 0.4) is 0 Å². The molecule has 0 bridgehead atoms. The quantitative estimate of drug-likeness (QED) is 0.492. The number of rotatable bonds is 4. The second kappa shape index (κ2) is 9.25. The van der Waals surface area contributed by atoms with Crippen molar-refractivity contribution in [2.45, 2.75) is 31.5 Å². The van der Waals surface area contributed by atoms with Crippen molar-refractivity contribution in [2.75, 3.05) is 24.5 Å². The van der Waals surface area contributed by atoms with E-state index in [1.54, 1.807) is 29.3 Å². The third kappa shape index (κ3) is 5.19. The van der Waals surface area contributed by atoms with Crippen LogP contribution in [0.15, 0.2) is 42.7 Å². The van der Waals surface area contributed by atoms with Crippen LogP contribution in [0.2, 0.25) is 0 Å². The number of carbonyl (C=O) groups is 1. The highest BCUT2D eigenvalue weighted by atomic mass is 19.4. The van der Waals surface area contributed by atoms with Gasteiger partial charge >= 0.3 is 18.4 Å². The normalized spacial score (nSPS) is 18.8. The number of fused-ring (bicyclic) bond motifs is 1. The first-order valence-corrected chi connectivity index (χ1v) is 11.2. The Labute approximate surface area is 206 Å². The molecule has 2 aromatic heterocycles. The number of hydrogen-bond donors (Lipinski definition) is 2. The van der Waals surface area contributed by atoms with Gasteiger partial charge in [0.25, 0.3) is 0 Å². The van der Waals surface area contributed by atoms with Gasteiger partial charge in [0.15, 0.2) is 0 Å². The summed E-state index contributed by atoms with van der Waals surface area (Å²) < 4.78 is 85.6. The number of alkyl halides is 6. The maximum absolute atomic E-state index is 14.0. The maximum Gasteiger partial charge on any atom is 0.417 e. The van der Waals surface area contributed by atoms with Crippen LogP contribution in [0, 0.1) is 0 Å². The van der Waals surface area contributed by atoms with Crippen molar-refractivity contribution in [3.05, 3.63) is 59.4 Å². The minimum Gasteiger partial charge on any atom is -0.410 e. The number of aromatic amines is 1. The van der Waals surface area contributed by atoms with Gasteiger partial charge in [0.05, 0.1) is 11.3 Å². The SMILES string of the molecule is O=C1NCc2cc(-c3n[nH]cc3CN3CCN(c4ccc(C(F)(F)F)cn4)[C@H](C(F)(F)F)C3)ccc2O1. The van der Waals surface area contributed by atoms with Crippen LogP contribution < -0.4 is 15.0 Å². The predicted octanol–water partition coefficient (Wildman–Crippen LogP) is 4.35. The summed E-state index contributed by atoms with van der Waals surface area (Å²) in [6.45, 7) is 0.183. The van der Waals surface area contributed by atoms with Crippen LogP contribution in [-0.4, -0.2) is 58.0 Å². The van der Waals surface area contributed by atoms with Gasteiger partial charge in [-0.3, -0.25) is 10.00 Å². The molecule has 2 N–H and O–H groups in total. The van der Waals surface area contributed by atoms with Crippen molar-refractivity contribution in [3.63, 3.8) is 0 Å². The number of anilines is 1. The number of pyridine rings is 1. The summed E-state index contributed by atoms with van der Waals surface area (Å²) in [7, 11) is 0. The fraction of sp³-hybridized carbons (Fsp3) is 0.348. The molecule has 1 atom stereocenters. The van der Waals surface area contributed by atoms with Gasteiger partial charge in [-0.15, -0.1) is 0 Å². The number of piperazine rings is 1. The summed E-state index contributed by atoms with van der Waals surface area (Å²) in [5.41, 5.74) is 1.63. The van der Waals surface area contributed by atoms with Gasteiger partial charge in [-0.05, 0) is 30.3 Å². The first-order chi connectivity index (χ1) is 17.5. The number of H-pyrrole nitrogens is 1. The molecule has 2 aliphatic rings. The molecule has 0 radical (unpaired) electrons. The highest BCUT2D eigenvalue weighted by Crippen LogP contribution is 2.35. The number of amides is 1. The van der Waals surface area contributed by atoms with Gasteiger partial charge in [-0.1, -0.05) is 0 Å². The van der Waals surface area contributed by atoms with E-state index in [1.807, 2.05) is 0 Å². The Hall–Kier alpha value is -3.81. The summed E-state index contributed by atoms with van der Waals surface area (Å²) in [6, 6.07) is 4.88. The smallest absolute Gasteiger partial charge is 0.410 e. The molecule has 5 rings (SSSR count). The fourth-order valence-corrected chi connectivity index (χ4v) is 4.46. The lowest BCUT2D eigenvalue weighted by Crippen LogP contribution is -2.59. The maximum atomic E-state index is 14.0. The first kappa shape index (κ1) is 24.9. The molecule has 1 saturated heterocycles. The molecule has 0 saturated carbocycles. The Balaban J connectivity index is 1.33. The van der Waals surface area contributed by atoms with E-state index in [4.69, 9.17) is 4.74 Å². The number of carbonyl (C=O) groups excluding carboxylic acids is 1. The number of aromatic nitrogens is 3. The van der Waals surface area contributed by atoms with E-state index >= 15 is 0 Å². The second-order valence-electron chi connectivity index (χ2n) is 8.71. The fourth-order valence-electron chi connectivity index (χ4n) is 4.46. The summed E-state index contributed by atoms with van der Waals surface area (Å²) in [5.74, 6) is 0.257. The van der Waals surface area contributed by atoms with E-state index in [0.717, 1.165) is 22.6 Å². The van der Waals surface area contributed by atoms with E-state index in [9.17, 15) is 31.1 Å². The monoisotopic (exact) mass is 526 g/mol. The minimum atomic E-state index is -4.63. The molecule has 1 aromatic carbocycles. The van der Waals surface area contributed by atoms with Crippen molar-refractivity contribution in [1.29, 1.82) is 0 Å². The molecule has 196 valence electrons. The van der Waals surface area contributed by atoms with Crippen LogP contribution in [0.25, 0.3) is 11.3 Å². The number of ether oxygens (including phenoxy) is 1. The van der Waals surface area contributed by atoms with Gasteiger partial charge < -0.3 is 15.0 Å². The number of halogens is 6. The summed E-state index contributed by atoms with van der Waals surface area (Å²) >= 11 is 0. The number of benzene rings is 1. The Morgan fingerprint density at radius 3 is 2.59 bits per heavy atom. The topological polar surface area (TPSA) is 86.4 Å². The Bertz CT molecular complexity index is 1290. The Morgan fingerprint density at radius 1 is 1.08 bits per heavy atom. The van der Waals surface area contributed by atoms with Crippen molar-refractivity contribution >= 4 is 11.9 Å². The van der Waals surface area contributed by atoms with E-state index in [1.165, 1.54) is 0 Å². The molecular formula is C23H20F6N6O2. The lowest BCUT2D eigenvalue weighted by Gasteiger charge is -2.42. The van der Waals surface area contributed by atoms with E-state index in [0.29, 0.717) is 28.8 Å². The standard InChI is InChI=1S/C23H20F6N6O2/c24-22(25,26)16-2-4-19(30-10-16)35-6-5-34(12-18(35)23(27,28)29)11-15-9-32-33-20(15)13-1-3-17-14(7-13)8-31-21(36)37-17/h1-4,7,9-10,18H,5-6,8,11-12H2,(H,31,36)(H,32,33)/t18-/m0/s1.